The third-order valence-corrected chi connectivity index (χ3v) is 5.11. The maximum atomic E-state index is 12.3. The normalized spacial score (nSPS) is 34.3. The van der Waals surface area contributed by atoms with Crippen LogP contribution in [0.4, 0.5) is 0 Å². The van der Waals surface area contributed by atoms with E-state index in [0.717, 1.165) is 57.8 Å². The topological polar surface area (TPSA) is 71.1 Å². The summed E-state index contributed by atoms with van der Waals surface area (Å²) in [5.41, 5.74) is 0. The third kappa shape index (κ3) is 4.93. The number of carbonyl (C=O) groups excluding carboxylic acids is 2. The Morgan fingerprint density at radius 3 is 1.58 bits per heavy atom. The number of hydrogen-bond acceptors (Lipinski definition) is 6. The van der Waals surface area contributed by atoms with Gasteiger partial charge in [-0.1, -0.05) is 6.42 Å². The van der Waals surface area contributed by atoms with E-state index in [-0.39, 0.29) is 23.8 Å². The maximum absolute atomic E-state index is 12.3. The molecule has 0 bridgehead atoms. The van der Waals surface area contributed by atoms with Gasteiger partial charge in [0.25, 0.3) is 0 Å². The van der Waals surface area contributed by atoms with Gasteiger partial charge in [0.2, 0.25) is 12.6 Å². The van der Waals surface area contributed by atoms with Crippen LogP contribution >= 0.6 is 0 Å². The molecule has 0 aromatic carbocycles. The summed E-state index contributed by atoms with van der Waals surface area (Å²) in [4.78, 5) is 24.7. The summed E-state index contributed by atoms with van der Waals surface area (Å²) in [7, 11) is 0. The lowest BCUT2D eigenvalue weighted by Crippen LogP contribution is -2.35. The maximum Gasteiger partial charge on any atom is 0.311 e. The van der Waals surface area contributed by atoms with Crippen LogP contribution in [-0.2, 0) is 28.5 Å². The van der Waals surface area contributed by atoms with Crippen molar-refractivity contribution in [3.63, 3.8) is 0 Å². The molecule has 2 unspecified atom stereocenters. The number of esters is 2. The quantitative estimate of drug-likeness (QED) is 0.733. The van der Waals surface area contributed by atoms with Crippen LogP contribution in [0.2, 0.25) is 0 Å². The molecular weight excluding hydrogens is 312 g/mol. The predicted octanol–water partition coefficient (Wildman–Crippen LogP) is 2.93. The van der Waals surface area contributed by atoms with Gasteiger partial charge in [-0.15, -0.1) is 0 Å². The molecule has 0 aromatic heterocycles. The summed E-state index contributed by atoms with van der Waals surface area (Å²) in [5, 5.41) is 0. The minimum Gasteiger partial charge on any atom is -0.436 e. The molecule has 136 valence electrons. The zero-order valence-electron chi connectivity index (χ0n) is 14.2. The minimum absolute atomic E-state index is 0.228. The van der Waals surface area contributed by atoms with Crippen molar-refractivity contribution in [2.45, 2.75) is 76.8 Å². The van der Waals surface area contributed by atoms with Gasteiger partial charge in [0, 0.05) is 12.8 Å². The molecule has 0 N–H and O–H groups in total. The molecule has 2 saturated heterocycles. The van der Waals surface area contributed by atoms with Gasteiger partial charge >= 0.3 is 11.9 Å². The van der Waals surface area contributed by atoms with E-state index in [1.807, 2.05) is 0 Å². The van der Waals surface area contributed by atoms with Crippen LogP contribution in [0, 0.1) is 11.8 Å². The van der Waals surface area contributed by atoms with Crippen molar-refractivity contribution in [2.75, 3.05) is 13.2 Å². The van der Waals surface area contributed by atoms with E-state index < -0.39 is 12.6 Å². The van der Waals surface area contributed by atoms with E-state index in [2.05, 4.69) is 0 Å². The van der Waals surface area contributed by atoms with Crippen LogP contribution in [0.1, 0.15) is 64.2 Å². The Bertz CT molecular complexity index is 387. The monoisotopic (exact) mass is 340 g/mol. The average molecular weight is 340 g/mol. The molecule has 24 heavy (non-hydrogen) atoms. The highest BCUT2D eigenvalue weighted by atomic mass is 16.7. The first kappa shape index (κ1) is 17.7. The van der Waals surface area contributed by atoms with Crippen molar-refractivity contribution in [3.05, 3.63) is 0 Å². The Morgan fingerprint density at radius 2 is 1.17 bits per heavy atom. The van der Waals surface area contributed by atoms with Crippen LogP contribution in [0.5, 0.6) is 0 Å². The zero-order valence-corrected chi connectivity index (χ0v) is 14.2. The standard InChI is InChI=1S/C18H28O6/c19-17(23-15-8-1-3-10-21-15)13-6-5-7-14(12-13)18(20)24-16-9-2-4-11-22-16/h13-16H,1-12H2/t13-,14+,15?,16?. The van der Waals surface area contributed by atoms with E-state index in [0.29, 0.717) is 19.6 Å². The van der Waals surface area contributed by atoms with Gasteiger partial charge in [0.15, 0.2) is 0 Å². The number of ether oxygens (including phenoxy) is 4. The SMILES string of the molecule is O=C(OC1CCCCO1)[C@@H]1CCC[C@H](C(=O)OC2CCCCO2)C1. The summed E-state index contributed by atoms with van der Waals surface area (Å²) in [6, 6.07) is 0. The van der Waals surface area contributed by atoms with Gasteiger partial charge in [-0.2, -0.15) is 0 Å². The zero-order chi connectivity index (χ0) is 16.8. The Labute approximate surface area is 143 Å². The van der Waals surface area contributed by atoms with E-state index >= 15 is 0 Å². The number of hydrogen-bond donors (Lipinski definition) is 0. The van der Waals surface area contributed by atoms with E-state index in [1.54, 1.807) is 0 Å². The largest absolute Gasteiger partial charge is 0.436 e. The fourth-order valence-electron chi connectivity index (χ4n) is 3.68. The highest BCUT2D eigenvalue weighted by molar-refractivity contribution is 5.76. The Morgan fingerprint density at radius 1 is 0.667 bits per heavy atom. The summed E-state index contributed by atoms with van der Waals surface area (Å²) in [5.74, 6) is -0.912. The number of carbonyl (C=O) groups is 2. The minimum atomic E-state index is -0.408. The highest BCUT2D eigenvalue weighted by Gasteiger charge is 2.35. The van der Waals surface area contributed by atoms with Crippen molar-refractivity contribution in [1.29, 1.82) is 0 Å². The molecule has 3 rings (SSSR count). The van der Waals surface area contributed by atoms with Gasteiger partial charge in [-0.25, -0.2) is 0 Å². The van der Waals surface area contributed by atoms with Gasteiger partial charge in [-0.3, -0.25) is 9.59 Å². The Balaban J connectivity index is 1.45. The molecule has 2 aliphatic heterocycles. The fraction of sp³-hybridized carbons (Fsp3) is 0.889. The van der Waals surface area contributed by atoms with Crippen molar-refractivity contribution in [1.82, 2.24) is 0 Å². The smallest absolute Gasteiger partial charge is 0.311 e. The van der Waals surface area contributed by atoms with E-state index in [1.165, 1.54) is 0 Å². The molecule has 6 nitrogen and oxygen atoms in total. The van der Waals surface area contributed by atoms with Crippen LogP contribution in [0.25, 0.3) is 0 Å². The molecule has 0 aromatic rings. The molecule has 0 radical (unpaired) electrons. The third-order valence-electron chi connectivity index (χ3n) is 5.11. The lowest BCUT2D eigenvalue weighted by molar-refractivity contribution is -0.196. The van der Waals surface area contributed by atoms with Crippen molar-refractivity contribution >= 4 is 11.9 Å². The van der Waals surface area contributed by atoms with Crippen LogP contribution in [-0.4, -0.2) is 37.7 Å². The second kappa shape index (κ2) is 8.81. The van der Waals surface area contributed by atoms with Crippen LogP contribution in [0.3, 0.4) is 0 Å². The molecular formula is C18H28O6. The number of rotatable bonds is 4. The lowest BCUT2D eigenvalue weighted by atomic mass is 9.81. The molecule has 1 aliphatic carbocycles. The molecule has 1 saturated carbocycles. The van der Waals surface area contributed by atoms with Gasteiger partial charge in [-0.05, 0) is 44.9 Å². The van der Waals surface area contributed by atoms with Gasteiger partial charge in [0.1, 0.15) is 0 Å². The van der Waals surface area contributed by atoms with Gasteiger partial charge < -0.3 is 18.9 Å². The van der Waals surface area contributed by atoms with Crippen molar-refractivity contribution < 1.29 is 28.5 Å². The summed E-state index contributed by atoms with van der Waals surface area (Å²) < 4.78 is 21.9. The summed E-state index contributed by atoms with van der Waals surface area (Å²) >= 11 is 0. The highest BCUT2D eigenvalue weighted by Crippen LogP contribution is 2.32. The molecule has 0 spiro atoms. The van der Waals surface area contributed by atoms with Crippen LogP contribution in [0.15, 0.2) is 0 Å². The molecule has 3 aliphatic rings. The second-order valence-corrected chi connectivity index (χ2v) is 7.03. The predicted molar refractivity (Wildman–Crippen MR) is 84.8 cm³/mol. The van der Waals surface area contributed by atoms with Crippen molar-refractivity contribution in [3.8, 4) is 0 Å². The first-order valence-corrected chi connectivity index (χ1v) is 9.36. The molecule has 0 amide bonds. The van der Waals surface area contributed by atoms with Crippen LogP contribution < -0.4 is 0 Å². The summed E-state index contributed by atoms with van der Waals surface area (Å²) in [6.07, 6.45) is 7.72. The molecule has 3 fully saturated rings. The summed E-state index contributed by atoms with van der Waals surface area (Å²) in [6.45, 7) is 1.30. The lowest BCUT2D eigenvalue weighted by Gasteiger charge is -2.30. The molecule has 6 heteroatoms. The molecule has 4 atom stereocenters. The van der Waals surface area contributed by atoms with Gasteiger partial charge in [0.05, 0.1) is 25.0 Å². The van der Waals surface area contributed by atoms with Crippen molar-refractivity contribution in [2.24, 2.45) is 11.8 Å². The Kier molecular flexibility index (Phi) is 6.49. The van der Waals surface area contributed by atoms with E-state index in [9.17, 15) is 9.59 Å². The molecule has 2 heterocycles. The second-order valence-electron chi connectivity index (χ2n) is 7.03. The first-order valence-electron chi connectivity index (χ1n) is 9.36. The first-order chi connectivity index (χ1) is 11.7. The van der Waals surface area contributed by atoms with E-state index in [4.69, 9.17) is 18.9 Å². The Hall–Kier alpha value is -1.14. The fourth-order valence-corrected chi connectivity index (χ4v) is 3.68. The average Bonchev–Trinajstić information content (AvgIpc) is 2.63.